The Morgan fingerprint density at radius 1 is 1.12 bits per heavy atom. The molecule has 94 valence electrons. The largest absolute Gasteiger partial charge is 0.310 e. The Hall–Kier alpha value is 0.310. The molecule has 0 heterocycles. The van der Waals surface area contributed by atoms with Crippen LogP contribution in [0.25, 0.3) is 0 Å². The zero-order valence-electron chi connectivity index (χ0n) is 10.9. The molecule has 1 N–H and O–H groups in total. The molecule has 0 bridgehead atoms. The summed E-state index contributed by atoms with van der Waals surface area (Å²) >= 11 is 2.18. The van der Waals surface area contributed by atoms with Crippen molar-refractivity contribution >= 4 is 11.8 Å². The Morgan fingerprint density at radius 3 is 2.62 bits per heavy atom. The summed E-state index contributed by atoms with van der Waals surface area (Å²) in [7, 11) is 0. The Labute approximate surface area is 105 Å². The van der Waals surface area contributed by atoms with Crippen molar-refractivity contribution in [3.8, 4) is 0 Å². The lowest BCUT2D eigenvalue weighted by Crippen LogP contribution is -2.45. The summed E-state index contributed by atoms with van der Waals surface area (Å²) in [5.74, 6) is 2.24. The second kappa shape index (κ2) is 6.30. The highest BCUT2D eigenvalue weighted by Gasteiger charge is 2.29. The number of hydrogen-bond donors (Lipinski definition) is 1. The third-order valence-electron chi connectivity index (χ3n) is 4.23. The van der Waals surface area contributed by atoms with Crippen LogP contribution < -0.4 is 5.32 Å². The van der Waals surface area contributed by atoms with Gasteiger partial charge in [-0.25, -0.2) is 0 Å². The molecule has 2 fully saturated rings. The normalized spacial score (nSPS) is 40.1. The maximum absolute atomic E-state index is 3.96. The summed E-state index contributed by atoms with van der Waals surface area (Å²) in [6, 6.07) is 1.65. The molecule has 0 radical (unpaired) electrons. The molecule has 1 nitrogen and oxygen atoms in total. The van der Waals surface area contributed by atoms with Gasteiger partial charge in [-0.1, -0.05) is 26.7 Å². The van der Waals surface area contributed by atoms with Gasteiger partial charge in [-0.05, 0) is 43.8 Å². The fourth-order valence-electron chi connectivity index (χ4n) is 3.36. The molecule has 2 heteroatoms. The molecule has 2 saturated carbocycles. The van der Waals surface area contributed by atoms with Crippen molar-refractivity contribution in [3.63, 3.8) is 0 Å². The summed E-state index contributed by atoms with van der Waals surface area (Å²) in [5.41, 5.74) is 0. The fraction of sp³-hybridized carbons (Fsp3) is 1.00. The van der Waals surface area contributed by atoms with Crippen molar-refractivity contribution in [2.45, 2.75) is 76.1 Å². The quantitative estimate of drug-likeness (QED) is 0.803. The average Bonchev–Trinajstić information content (AvgIpc) is 2.67. The van der Waals surface area contributed by atoms with Gasteiger partial charge in [0.05, 0.1) is 0 Å². The van der Waals surface area contributed by atoms with Crippen molar-refractivity contribution in [2.24, 2.45) is 5.92 Å². The Balaban J connectivity index is 1.81. The van der Waals surface area contributed by atoms with E-state index in [1.54, 1.807) is 0 Å². The molecular weight excluding hydrogens is 214 g/mol. The molecular formula is C14H27NS. The predicted octanol–water partition coefficient (Wildman–Crippen LogP) is 3.83. The smallest absolute Gasteiger partial charge is 0.0201 e. The molecule has 16 heavy (non-hydrogen) atoms. The Kier molecular flexibility index (Phi) is 5.02. The highest BCUT2D eigenvalue weighted by molar-refractivity contribution is 7.99. The predicted molar refractivity (Wildman–Crippen MR) is 74.1 cm³/mol. The maximum atomic E-state index is 3.96. The third kappa shape index (κ3) is 3.40. The highest BCUT2D eigenvalue weighted by atomic mass is 32.2. The van der Waals surface area contributed by atoms with E-state index < -0.39 is 0 Å². The molecule has 0 amide bonds. The van der Waals surface area contributed by atoms with E-state index >= 15 is 0 Å². The van der Waals surface area contributed by atoms with Gasteiger partial charge in [0.1, 0.15) is 0 Å². The maximum Gasteiger partial charge on any atom is 0.0201 e. The molecule has 0 aromatic carbocycles. The molecule has 4 atom stereocenters. The van der Waals surface area contributed by atoms with Crippen molar-refractivity contribution in [1.29, 1.82) is 0 Å². The van der Waals surface area contributed by atoms with Gasteiger partial charge in [0.25, 0.3) is 0 Å². The minimum atomic E-state index is 0.814. The minimum absolute atomic E-state index is 0.814. The van der Waals surface area contributed by atoms with Gasteiger partial charge in [0.15, 0.2) is 0 Å². The van der Waals surface area contributed by atoms with Gasteiger partial charge >= 0.3 is 0 Å². The van der Waals surface area contributed by atoms with Gasteiger partial charge in [0, 0.05) is 17.3 Å². The topological polar surface area (TPSA) is 12.0 Å². The lowest BCUT2D eigenvalue weighted by atomic mass is 9.94. The van der Waals surface area contributed by atoms with Crippen LogP contribution in [-0.4, -0.2) is 23.1 Å². The summed E-state index contributed by atoms with van der Waals surface area (Å²) in [5, 5.41) is 4.86. The first kappa shape index (κ1) is 12.8. The van der Waals surface area contributed by atoms with E-state index in [0.717, 1.165) is 23.3 Å². The molecule has 2 rings (SSSR count). The summed E-state index contributed by atoms with van der Waals surface area (Å²) in [6.07, 6.45) is 10.0. The van der Waals surface area contributed by atoms with Crippen LogP contribution in [0.15, 0.2) is 0 Å². The van der Waals surface area contributed by atoms with E-state index in [4.69, 9.17) is 0 Å². The standard InChI is InChI=1S/C14H27NS/c1-3-16-14-7-5-4-6-13(14)15-12-9-8-11(2)10-12/h11-15H,3-10H2,1-2H3. The van der Waals surface area contributed by atoms with Crippen LogP contribution >= 0.6 is 11.8 Å². The van der Waals surface area contributed by atoms with Gasteiger partial charge < -0.3 is 5.32 Å². The second-order valence-electron chi connectivity index (χ2n) is 5.67. The van der Waals surface area contributed by atoms with Crippen molar-refractivity contribution < 1.29 is 0 Å². The first-order valence-electron chi connectivity index (χ1n) is 7.17. The Bertz CT molecular complexity index is 205. The number of nitrogens with one attached hydrogen (secondary N) is 1. The lowest BCUT2D eigenvalue weighted by molar-refractivity contribution is 0.342. The van der Waals surface area contributed by atoms with E-state index in [2.05, 4.69) is 30.9 Å². The molecule has 0 saturated heterocycles. The van der Waals surface area contributed by atoms with E-state index in [1.807, 2.05) is 0 Å². The molecule has 0 aromatic heterocycles. The van der Waals surface area contributed by atoms with Crippen molar-refractivity contribution in [2.75, 3.05) is 5.75 Å². The van der Waals surface area contributed by atoms with Crippen LogP contribution in [0.1, 0.15) is 58.8 Å². The minimum Gasteiger partial charge on any atom is -0.310 e. The van der Waals surface area contributed by atoms with E-state index in [0.29, 0.717) is 0 Å². The zero-order valence-corrected chi connectivity index (χ0v) is 11.7. The van der Waals surface area contributed by atoms with Gasteiger partial charge in [-0.15, -0.1) is 0 Å². The summed E-state index contributed by atoms with van der Waals surface area (Å²) in [6.45, 7) is 4.70. The van der Waals surface area contributed by atoms with Crippen LogP contribution in [0.5, 0.6) is 0 Å². The van der Waals surface area contributed by atoms with E-state index in [-0.39, 0.29) is 0 Å². The van der Waals surface area contributed by atoms with Gasteiger partial charge in [-0.2, -0.15) is 11.8 Å². The van der Waals surface area contributed by atoms with E-state index in [9.17, 15) is 0 Å². The van der Waals surface area contributed by atoms with Crippen LogP contribution in [0.4, 0.5) is 0 Å². The zero-order chi connectivity index (χ0) is 11.4. The molecule has 0 aromatic rings. The molecule has 2 aliphatic carbocycles. The summed E-state index contributed by atoms with van der Waals surface area (Å²) in [4.78, 5) is 0. The van der Waals surface area contributed by atoms with Crippen molar-refractivity contribution in [1.82, 2.24) is 5.32 Å². The van der Waals surface area contributed by atoms with Crippen LogP contribution in [0.2, 0.25) is 0 Å². The number of hydrogen-bond acceptors (Lipinski definition) is 2. The highest BCUT2D eigenvalue weighted by Crippen LogP contribution is 2.31. The van der Waals surface area contributed by atoms with Gasteiger partial charge in [-0.3, -0.25) is 0 Å². The van der Waals surface area contributed by atoms with Crippen molar-refractivity contribution in [3.05, 3.63) is 0 Å². The fourth-order valence-corrected chi connectivity index (χ4v) is 4.57. The Morgan fingerprint density at radius 2 is 1.94 bits per heavy atom. The van der Waals surface area contributed by atoms with E-state index in [1.165, 1.54) is 50.7 Å². The van der Waals surface area contributed by atoms with Crippen LogP contribution in [0.3, 0.4) is 0 Å². The molecule has 2 aliphatic rings. The summed E-state index contributed by atoms with van der Waals surface area (Å²) < 4.78 is 0. The first-order valence-corrected chi connectivity index (χ1v) is 8.22. The number of rotatable bonds is 4. The monoisotopic (exact) mass is 241 g/mol. The van der Waals surface area contributed by atoms with Crippen LogP contribution in [-0.2, 0) is 0 Å². The SMILES string of the molecule is CCSC1CCCCC1NC1CCC(C)C1. The third-order valence-corrected chi connectivity index (χ3v) is 5.55. The number of thioether (sulfide) groups is 1. The second-order valence-corrected chi connectivity index (χ2v) is 7.18. The average molecular weight is 241 g/mol. The molecule has 0 aliphatic heterocycles. The molecule has 4 unspecified atom stereocenters. The lowest BCUT2D eigenvalue weighted by Gasteiger charge is -2.34. The van der Waals surface area contributed by atoms with Gasteiger partial charge in [0.2, 0.25) is 0 Å². The van der Waals surface area contributed by atoms with Crippen LogP contribution in [0, 0.1) is 5.92 Å². The molecule has 0 spiro atoms. The first-order chi connectivity index (χ1) is 7.79.